The summed E-state index contributed by atoms with van der Waals surface area (Å²) in [6.07, 6.45) is 0. The fraction of sp³-hybridized carbons (Fsp3) is 0.278. The first kappa shape index (κ1) is 17.5. The number of rotatable bonds is 6. The van der Waals surface area contributed by atoms with Gasteiger partial charge in [0.15, 0.2) is 0 Å². The first-order valence-corrected chi connectivity index (χ1v) is 10.2. The molecule has 0 aromatic carbocycles. The molecule has 3 rings (SSSR count). The molecule has 3 nitrogen and oxygen atoms in total. The highest BCUT2D eigenvalue weighted by Crippen LogP contribution is 2.33. The summed E-state index contributed by atoms with van der Waals surface area (Å²) in [5.74, 6) is -0.245. The van der Waals surface area contributed by atoms with Crippen LogP contribution in [0.2, 0.25) is 0 Å². The summed E-state index contributed by atoms with van der Waals surface area (Å²) < 4.78 is 7.00. The van der Waals surface area contributed by atoms with E-state index in [0.717, 1.165) is 11.4 Å². The molecule has 0 fully saturated rings. The number of carbonyl (C=O) groups is 1. The van der Waals surface area contributed by atoms with Gasteiger partial charge >= 0.3 is 5.97 Å². The highest BCUT2D eigenvalue weighted by atomic mass is 79.9. The van der Waals surface area contributed by atoms with Crippen LogP contribution in [0, 0.1) is 0 Å². The summed E-state index contributed by atoms with van der Waals surface area (Å²) in [4.78, 5) is 14.4. The Bertz CT molecular complexity index is 747. The van der Waals surface area contributed by atoms with Crippen molar-refractivity contribution in [3.63, 3.8) is 0 Å². The van der Waals surface area contributed by atoms with E-state index in [1.165, 1.54) is 9.75 Å². The van der Waals surface area contributed by atoms with Crippen molar-refractivity contribution in [3.8, 4) is 21.1 Å². The second-order valence-electron chi connectivity index (χ2n) is 5.82. The molecule has 3 aromatic heterocycles. The Morgan fingerprint density at radius 2 is 1.62 bits per heavy atom. The molecule has 0 aliphatic heterocycles. The number of ether oxygens (including phenoxy) is 1. The van der Waals surface area contributed by atoms with Crippen molar-refractivity contribution in [2.75, 3.05) is 6.61 Å². The monoisotopic (exact) mass is 423 g/mol. The van der Waals surface area contributed by atoms with Crippen LogP contribution in [0.25, 0.3) is 21.1 Å². The molecular weight excluding hydrogens is 406 g/mol. The molecule has 3 heterocycles. The first-order chi connectivity index (χ1) is 11.5. The van der Waals surface area contributed by atoms with E-state index in [-0.39, 0.29) is 5.97 Å². The summed E-state index contributed by atoms with van der Waals surface area (Å²) in [6, 6.07) is 12.6. The summed E-state index contributed by atoms with van der Waals surface area (Å²) >= 11 is 6.76. The number of esters is 1. The van der Waals surface area contributed by atoms with Gasteiger partial charge in [0.2, 0.25) is 0 Å². The maximum absolute atomic E-state index is 11.9. The minimum atomic E-state index is -0.656. The molecule has 0 saturated heterocycles. The maximum atomic E-state index is 11.9. The number of hydrogen-bond acceptors (Lipinski definition) is 4. The SMILES string of the molecule is CC(C)(Br)C(=O)OCCn1c(-c2cccs2)ccc1-c1cccs1. The molecule has 0 atom stereocenters. The largest absolute Gasteiger partial charge is 0.463 e. The number of aromatic nitrogens is 1. The second kappa shape index (κ2) is 7.25. The van der Waals surface area contributed by atoms with Crippen LogP contribution in [0.15, 0.2) is 47.2 Å². The van der Waals surface area contributed by atoms with Crippen LogP contribution in [0.3, 0.4) is 0 Å². The van der Waals surface area contributed by atoms with E-state index >= 15 is 0 Å². The summed E-state index contributed by atoms with van der Waals surface area (Å²) in [6.45, 7) is 4.56. The Kier molecular flexibility index (Phi) is 5.27. The van der Waals surface area contributed by atoms with Crippen LogP contribution in [-0.2, 0) is 16.1 Å². The quantitative estimate of drug-likeness (QED) is 0.378. The topological polar surface area (TPSA) is 31.2 Å². The minimum absolute atomic E-state index is 0.245. The highest BCUT2D eigenvalue weighted by molar-refractivity contribution is 9.10. The lowest BCUT2D eigenvalue weighted by molar-refractivity contribution is -0.145. The van der Waals surface area contributed by atoms with Crippen LogP contribution >= 0.6 is 38.6 Å². The summed E-state index contributed by atoms with van der Waals surface area (Å²) in [5.41, 5.74) is 2.31. The van der Waals surface area contributed by atoms with Crippen molar-refractivity contribution in [3.05, 3.63) is 47.2 Å². The zero-order valence-corrected chi connectivity index (χ0v) is 16.7. The molecule has 0 unspecified atom stereocenters. The van der Waals surface area contributed by atoms with Gasteiger partial charge in [0.1, 0.15) is 10.9 Å². The van der Waals surface area contributed by atoms with E-state index in [0.29, 0.717) is 13.2 Å². The average Bonchev–Trinajstić information content (AvgIpc) is 3.26. The Hall–Kier alpha value is -1.37. The number of nitrogens with zero attached hydrogens (tertiary/aromatic N) is 1. The molecular formula is C18H18BrNO2S2. The van der Waals surface area contributed by atoms with Gasteiger partial charge in [0.25, 0.3) is 0 Å². The van der Waals surface area contributed by atoms with Gasteiger partial charge in [0.05, 0.1) is 27.7 Å². The lowest BCUT2D eigenvalue weighted by Gasteiger charge is -2.17. The predicted octanol–water partition coefficient (Wildman–Crippen LogP) is 5.66. The van der Waals surface area contributed by atoms with Crippen LogP contribution in [0.1, 0.15) is 13.8 Å². The van der Waals surface area contributed by atoms with Crippen molar-refractivity contribution in [1.29, 1.82) is 0 Å². The van der Waals surface area contributed by atoms with Crippen LogP contribution in [-0.4, -0.2) is 21.5 Å². The van der Waals surface area contributed by atoms with Gasteiger partial charge in [-0.05, 0) is 48.9 Å². The first-order valence-electron chi connectivity index (χ1n) is 7.60. The van der Waals surface area contributed by atoms with Crippen molar-refractivity contribution in [1.82, 2.24) is 4.57 Å². The fourth-order valence-corrected chi connectivity index (χ4v) is 4.02. The summed E-state index contributed by atoms with van der Waals surface area (Å²) in [7, 11) is 0. The van der Waals surface area contributed by atoms with Gasteiger partial charge in [-0.3, -0.25) is 4.79 Å². The average molecular weight is 424 g/mol. The lowest BCUT2D eigenvalue weighted by Crippen LogP contribution is -2.27. The third kappa shape index (κ3) is 3.82. The van der Waals surface area contributed by atoms with E-state index in [1.807, 2.05) is 0 Å². The van der Waals surface area contributed by atoms with Gasteiger partial charge in [-0.2, -0.15) is 0 Å². The van der Waals surface area contributed by atoms with Gasteiger partial charge in [-0.15, -0.1) is 22.7 Å². The molecule has 6 heteroatoms. The molecule has 0 spiro atoms. The fourth-order valence-electron chi connectivity index (χ4n) is 2.39. The Morgan fingerprint density at radius 3 is 2.04 bits per heavy atom. The molecule has 0 saturated carbocycles. The van der Waals surface area contributed by atoms with Crippen LogP contribution in [0.4, 0.5) is 0 Å². The molecule has 0 aliphatic carbocycles. The number of alkyl halides is 1. The van der Waals surface area contributed by atoms with Gasteiger partial charge in [-0.25, -0.2) is 0 Å². The summed E-state index contributed by atoms with van der Waals surface area (Å²) in [5, 5.41) is 4.15. The molecule has 126 valence electrons. The number of carbonyl (C=O) groups excluding carboxylic acids is 1. The number of thiophene rings is 2. The molecule has 0 amide bonds. The minimum Gasteiger partial charge on any atom is -0.463 e. The van der Waals surface area contributed by atoms with Crippen LogP contribution < -0.4 is 0 Å². The smallest absolute Gasteiger partial charge is 0.322 e. The van der Waals surface area contributed by atoms with Crippen LogP contribution in [0.5, 0.6) is 0 Å². The van der Waals surface area contributed by atoms with E-state index in [4.69, 9.17) is 4.74 Å². The lowest BCUT2D eigenvalue weighted by atomic mass is 10.2. The standard InChI is InChI=1S/C18H18BrNO2S2/c1-18(2,19)17(21)22-10-9-20-13(15-5-3-11-23-15)7-8-14(20)16-6-4-12-24-16/h3-8,11-12H,9-10H2,1-2H3. The highest BCUT2D eigenvalue weighted by Gasteiger charge is 2.25. The van der Waals surface area contributed by atoms with Gasteiger partial charge in [-0.1, -0.05) is 28.1 Å². The van der Waals surface area contributed by atoms with Gasteiger partial charge in [0, 0.05) is 0 Å². The Balaban J connectivity index is 1.84. The van der Waals surface area contributed by atoms with Crippen molar-refractivity contribution >= 4 is 44.6 Å². The van der Waals surface area contributed by atoms with Crippen molar-refractivity contribution in [2.45, 2.75) is 24.7 Å². The zero-order valence-electron chi connectivity index (χ0n) is 13.5. The van der Waals surface area contributed by atoms with Gasteiger partial charge < -0.3 is 9.30 Å². The van der Waals surface area contributed by atoms with E-state index < -0.39 is 4.32 Å². The molecule has 24 heavy (non-hydrogen) atoms. The second-order valence-corrected chi connectivity index (χ2v) is 9.70. The zero-order chi connectivity index (χ0) is 17.2. The number of hydrogen-bond donors (Lipinski definition) is 0. The predicted molar refractivity (Wildman–Crippen MR) is 105 cm³/mol. The van der Waals surface area contributed by atoms with Crippen molar-refractivity contribution in [2.24, 2.45) is 0 Å². The Labute approximate surface area is 158 Å². The molecule has 0 bridgehead atoms. The third-order valence-corrected chi connectivity index (χ3v) is 5.67. The Morgan fingerprint density at radius 1 is 1.08 bits per heavy atom. The molecule has 3 aromatic rings. The van der Waals surface area contributed by atoms with E-state index in [9.17, 15) is 4.79 Å². The molecule has 0 radical (unpaired) electrons. The third-order valence-electron chi connectivity index (χ3n) is 3.56. The van der Waals surface area contributed by atoms with E-state index in [2.05, 4.69) is 67.7 Å². The molecule has 0 N–H and O–H groups in total. The maximum Gasteiger partial charge on any atom is 0.322 e. The molecule has 0 aliphatic rings. The number of halogens is 1. The van der Waals surface area contributed by atoms with Crippen molar-refractivity contribution < 1.29 is 9.53 Å². The normalized spacial score (nSPS) is 11.6. The van der Waals surface area contributed by atoms with E-state index in [1.54, 1.807) is 36.5 Å².